The molecule has 0 aromatic carbocycles. The van der Waals surface area contributed by atoms with E-state index in [4.69, 9.17) is 24.4 Å². The lowest BCUT2D eigenvalue weighted by molar-refractivity contribution is -0.150. The smallest absolute Gasteiger partial charge is 0.332 e. The third-order valence-corrected chi connectivity index (χ3v) is 1.89. The van der Waals surface area contributed by atoms with E-state index in [2.05, 4.69) is 0 Å². The quantitative estimate of drug-likeness (QED) is 0.525. The summed E-state index contributed by atoms with van der Waals surface area (Å²) in [6, 6.07) is 0. The van der Waals surface area contributed by atoms with Gasteiger partial charge in [0.05, 0.1) is 26.4 Å². The van der Waals surface area contributed by atoms with E-state index in [1.165, 1.54) is 13.8 Å². The molecule has 17 heavy (non-hydrogen) atoms. The van der Waals surface area contributed by atoms with Crippen molar-refractivity contribution in [2.45, 2.75) is 26.1 Å². The lowest BCUT2D eigenvalue weighted by atomic mass is 10.4. The Morgan fingerprint density at radius 2 is 1.24 bits per heavy atom. The van der Waals surface area contributed by atoms with Gasteiger partial charge in [0.1, 0.15) is 0 Å². The predicted octanol–water partition coefficient (Wildman–Crippen LogP) is -0.0176. The van der Waals surface area contributed by atoms with Crippen molar-refractivity contribution in [1.82, 2.24) is 0 Å². The Labute approximate surface area is 99.3 Å². The van der Waals surface area contributed by atoms with E-state index in [0.29, 0.717) is 0 Å². The van der Waals surface area contributed by atoms with Crippen LogP contribution >= 0.6 is 0 Å². The molecule has 0 aliphatic rings. The SMILES string of the molecule is CC(OCCOCCOC(C)C(=O)O)C(=O)O. The maximum absolute atomic E-state index is 10.4. The fourth-order valence-corrected chi connectivity index (χ4v) is 0.812. The molecule has 2 unspecified atom stereocenters. The van der Waals surface area contributed by atoms with Crippen molar-refractivity contribution >= 4 is 11.9 Å². The molecule has 100 valence electrons. The molecule has 7 heteroatoms. The standard InChI is InChI=1S/C10H18O7/c1-7(9(11)12)16-5-3-15-4-6-17-8(2)10(13)14/h7-8H,3-6H2,1-2H3,(H,11,12)(H,13,14). The number of carboxylic acid groups (broad SMARTS) is 2. The van der Waals surface area contributed by atoms with Crippen LogP contribution in [0.5, 0.6) is 0 Å². The number of rotatable bonds is 10. The van der Waals surface area contributed by atoms with Gasteiger partial charge in [0.15, 0.2) is 12.2 Å². The number of carboxylic acids is 2. The van der Waals surface area contributed by atoms with Gasteiger partial charge in [-0.2, -0.15) is 0 Å². The molecule has 0 heterocycles. The van der Waals surface area contributed by atoms with Crippen LogP contribution in [0.25, 0.3) is 0 Å². The number of carbonyl (C=O) groups is 2. The summed E-state index contributed by atoms with van der Waals surface area (Å²) in [7, 11) is 0. The highest BCUT2D eigenvalue weighted by atomic mass is 16.6. The number of hydrogen-bond donors (Lipinski definition) is 2. The fraction of sp³-hybridized carbons (Fsp3) is 0.800. The van der Waals surface area contributed by atoms with Gasteiger partial charge in [0.2, 0.25) is 0 Å². The summed E-state index contributed by atoms with van der Waals surface area (Å²) >= 11 is 0. The van der Waals surface area contributed by atoms with Crippen LogP contribution in [-0.2, 0) is 23.8 Å². The zero-order chi connectivity index (χ0) is 13.3. The van der Waals surface area contributed by atoms with Crippen molar-refractivity contribution in [1.29, 1.82) is 0 Å². The lowest BCUT2D eigenvalue weighted by Gasteiger charge is -2.10. The monoisotopic (exact) mass is 250 g/mol. The summed E-state index contributed by atoms with van der Waals surface area (Å²) in [6.45, 7) is 3.68. The van der Waals surface area contributed by atoms with Crippen molar-refractivity contribution in [2.24, 2.45) is 0 Å². The lowest BCUT2D eigenvalue weighted by Crippen LogP contribution is -2.23. The first kappa shape index (κ1) is 15.8. The van der Waals surface area contributed by atoms with Gasteiger partial charge >= 0.3 is 11.9 Å². The molecule has 0 radical (unpaired) electrons. The van der Waals surface area contributed by atoms with Crippen molar-refractivity contribution in [3.05, 3.63) is 0 Å². The minimum atomic E-state index is -1.02. The second-order valence-corrected chi connectivity index (χ2v) is 3.31. The number of aliphatic carboxylic acids is 2. The van der Waals surface area contributed by atoms with Crippen molar-refractivity contribution < 1.29 is 34.0 Å². The molecule has 0 saturated heterocycles. The Morgan fingerprint density at radius 3 is 1.53 bits per heavy atom. The fourth-order valence-electron chi connectivity index (χ4n) is 0.812. The van der Waals surface area contributed by atoms with Gasteiger partial charge < -0.3 is 24.4 Å². The van der Waals surface area contributed by atoms with Gasteiger partial charge in [0, 0.05) is 0 Å². The molecule has 0 fully saturated rings. The average molecular weight is 250 g/mol. The molecule has 0 aliphatic heterocycles. The molecule has 0 aromatic rings. The van der Waals surface area contributed by atoms with Gasteiger partial charge in [-0.15, -0.1) is 0 Å². The van der Waals surface area contributed by atoms with Crippen LogP contribution in [0.1, 0.15) is 13.8 Å². The van der Waals surface area contributed by atoms with Crippen LogP contribution in [-0.4, -0.2) is 60.8 Å². The zero-order valence-electron chi connectivity index (χ0n) is 9.92. The Bertz CT molecular complexity index is 217. The number of hydrogen-bond acceptors (Lipinski definition) is 5. The Balaban J connectivity index is 3.30. The topological polar surface area (TPSA) is 102 Å². The van der Waals surface area contributed by atoms with Crippen LogP contribution < -0.4 is 0 Å². The second-order valence-electron chi connectivity index (χ2n) is 3.31. The van der Waals surface area contributed by atoms with Gasteiger partial charge in [-0.05, 0) is 13.8 Å². The Hall–Kier alpha value is -1.18. The minimum Gasteiger partial charge on any atom is -0.479 e. The van der Waals surface area contributed by atoms with Gasteiger partial charge in [-0.3, -0.25) is 0 Å². The molecule has 0 bridgehead atoms. The van der Waals surface area contributed by atoms with E-state index < -0.39 is 24.1 Å². The van der Waals surface area contributed by atoms with Crippen molar-refractivity contribution in [3.63, 3.8) is 0 Å². The first-order valence-corrected chi connectivity index (χ1v) is 5.21. The molecule has 2 N–H and O–H groups in total. The van der Waals surface area contributed by atoms with Crippen LogP contribution in [0.4, 0.5) is 0 Å². The first-order chi connectivity index (χ1) is 7.95. The molecule has 0 spiro atoms. The second kappa shape index (κ2) is 8.91. The van der Waals surface area contributed by atoms with E-state index in [1.54, 1.807) is 0 Å². The molecule has 0 saturated carbocycles. The number of ether oxygens (including phenoxy) is 3. The van der Waals surface area contributed by atoms with Gasteiger partial charge in [-0.25, -0.2) is 9.59 Å². The highest BCUT2D eigenvalue weighted by molar-refractivity contribution is 5.71. The van der Waals surface area contributed by atoms with Crippen LogP contribution in [0.3, 0.4) is 0 Å². The third kappa shape index (κ3) is 8.61. The maximum atomic E-state index is 10.4. The van der Waals surface area contributed by atoms with E-state index in [-0.39, 0.29) is 26.4 Å². The van der Waals surface area contributed by atoms with Crippen LogP contribution in [0.2, 0.25) is 0 Å². The molecule has 0 aliphatic carbocycles. The summed E-state index contributed by atoms with van der Waals surface area (Å²) < 4.78 is 14.9. The predicted molar refractivity (Wildman–Crippen MR) is 56.9 cm³/mol. The third-order valence-electron chi connectivity index (χ3n) is 1.89. The molecule has 0 amide bonds. The molecule has 2 atom stereocenters. The maximum Gasteiger partial charge on any atom is 0.332 e. The van der Waals surface area contributed by atoms with E-state index in [9.17, 15) is 9.59 Å². The zero-order valence-corrected chi connectivity index (χ0v) is 9.92. The Kier molecular flexibility index (Phi) is 8.29. The van der Waals surface area contributed by atoms with Gasteiger partial charge in [0.25, 0.3) is 0 Å². The average Bonchev–Trinajstić information content (AvgIpc) is 2.26. The highest BCUT2D eigenvalue weighted by Gasteiger charge is 2.11. The summed E-state index contributed by atoms with van der Waals surface area (Å²) in [5, 5.41) is 17.0. The Morgan fingerprint density at radius 1 is 0.882 bits per heavy atom. The largest absolute Gasteiger partial charge is 0.479 e. The summed E-state index contributed by atoms with van der Waals surface area (Å²) in [4.78, 5) is 20.7. The minimum absolute atomic E-state index is 0.169. The summed E-state index contributed by atoms with van der Waals surface area (Å²) in [6.07, 6.45) is -1.72. The van der Waals surface area contributed by atoms with E-state index in [0.717, 1.165) is 0 Å². The molecular formula is C10H18O7. The van der Waals surface area contributed by atoms with Crippen molar-refractivity contribution in [2.75, 3.05) is 26.4 Å². The normalized spacial score (nSPS) is 14.2. The molecule has 0 rings (SSSR count). The van der Waals surface area contributed by atoms with E-state index >= 15 is 0 Å². The summed E-state index contributed by atoms with van der Waals surface area (Å²) in [5.41, 5.74) is 0. The van der Waals surface area contributed by atoms with E-state index in [1.807, 2.05) is 0 Å². The highest BCUT2D eigenvalue weighted by Crippen LogP contribution is 1.92. The molecular weight excluding hydrogens is 232 g/mol. The van der Waals surface area contributed by atoms with Crippen molar-refractivity contribution in [3.8, 4) is 0 Å². The van der Waals surface area contributed by atoms with Crippen LogP contribution in [0, 0.1) is 0 Å². The molecule has 7 nitrogen and oxygen atoms in total. The van der Waals surface area contributed by atoms with Crippen LogP contribution in [0.15, 0.2) is 0 Å². The van der Waals surface area contributed by atoms with Gasteiger partial charge in [-0.1, -0.05) is 0 Å². The summed E-state index contributed by atoms with van der Waals surface area (Å²) in [5.74, 6) is -2.05. The first-order valence-electron chi connectivity index (χ1n) is 5.21. The molecule has 0 aromatic heterocycles.